The fraction of sp³-hybridized carbons (Fsp3) is 0.0690. The fourth-order valence-electron chi connectivity index (χ4n) is 3.59. The number of carbonyl (C=O) groups excluding carboxylic acids is 2. The second-order valence-corrected chi connectivity index (χ2v) is 7.66. The van der Waals surface area contributed by atoms with Gasteiger partial charge in [0.05, 0.1) is 17.9 Å². The highest BCUT2D eigenvalue weighted by Crippen LogP contribution is 2.31. The standard InChI is InChI=1S/C29H21FN2O4/c1-2-35-27-17-19(16-21(18-31)28(33)32-25-13-6-5-12-24(25)30)14-15-26(27)36-29(34)23-11-7-9-20-8-3-4-10-22(20)23/h3-17H,2H2,1H3,(H,32,33). The van der Waals surface area contributed by atoms with Gasteiger partial charge in [0, 0.05) is 0 Å². The lowest BCUT2D eigenvalue weighted by Crippen LogP contribution is -2.14. The van der Waals surface area contributed by atoms with Crippen molar-refractivity contribution >= 4 is 34.4 Å². The van der Waals surface area contributed by atoms with Crippen LogP contribution in [0.15, 0.2) is 90.5 Å². The second kappa shape index (κ2) is 11.0. The van der Waals surface area contributed by atoms with Crippen molar-refractivity contribution in [2.75, 3.05) is 11.9 Å². The van der Waals surface area contributed by atoms with Crippen molar-refractivity contribution < 1.29 is 23.5 Å². The van der Waals surface area contributed by atoms with E-state index in [2.05, 4.69) is 5.32 Å². The van der Waals surface area contributed by atoms with E-state index in [1.807, 2.05) is 36.4 Å². The summed E-state index contributed by atoms with van der Waals surface area (Å²) < 4.78 is 25.2. The molecule has 0 saturated carbocycles. The van der Waals surface area contributed by atoms with E-state index < -0.39 is 17.7 Å². The molecule has 6 nitrogen and oxygen atoms in total. The molecule has 0 radical (unpaired) electrons. The number of anilines is 1. The van der Waals surface area contributed by atoms with E-state index in [9.17, 15) is 19.2 Å². The molecular weight excluding hydrogens is 459 g/mol. The molecule has 1 N–H and O–H groups in total. The lowest BCUT2D eigenvalue weighted by Gasteiger charge is -2.12. The van der Waals surface area contributed by atoms with Crippen LogP contribution in [-0.2, 0) is 4.79 Å². The summed E-state index contributed by atoms with van der Waals surface area (Å²) in [5.41, 5.74) is 0.607. The summed E-state index contributed by atoms with van der Waals surface area (Å²) in [5.74, 6) is -1.45. The van der Waals surface area contributed by atoms with Crippen molar-refractivity contribution in [2.45, 2.75) is 6.92 Å². The van der Waals surface area contributed by atoms with Crippen LogP contribution in [0, 0.1) is 17.1 Å². The maximum absolute atomic E-state index is 13.9. The number of para-hydroxylation sites is 1. The van der Waals surface area contributed by atoms with E-state index in [1.165, 1.54) is 30.3 Å². The third-order valence-electron chi connectivity index (χ3n) is 5.28. The van der Waals surface area contributed by atoms with Gasteiger partial charge in [-0.3, -0.25) is 4.79 Å². The SMILES string of the molecule is CCOc1cc(C=C(C#N)C(=O)Nc2ccccc2F)ccc1OC(=O)c1cccc2ccccc12. The third kappa shape index (κ3) is 5.40. The highest BCUT2D eigenvalue weighted by molar-refractivity contribution is 6.10. The van der Waals surface area contributed by atoms with Crippen LogP contribution in [-0.4, -0.2) is 18.5 Å². The summed E-state index contributed by atoms with van der Waals surface area (Å²) in [5, 5.41) is 13.6. The Bertz CT molecular complexity index is 1520. The molecule has 0 aliphatic carbocycles. The van der Waals surface area contributed by atoms with Gasteiger partial charge in [-0.05, 0) is 59.7 Å². The zero-order valence-electron chi connectivity index (χ0n) is 19.3. The van der Waals surface area contributed by atoms with E-state index in [4.69, 9.17) is 9.47 Å². The van der Waals surface area contributed by atoms with Gasteiger partial charge in [-0.15, -0.1) is 0 Å². The van der Waals surface area contributed by atoms with Gasteiger partial charge in [0.15, 0.2) is 11.5 Å². The summed E-state index contributed by atoms with van der Waals surface area (Å²) in [6, 6.07) is 25.1. The molecule has 1 amide bonds. The van der Waals surface area contributed by atoms with Crippen LogP contribution in [0.3, 0.4) is 0 Å². The predicted molar refractivity (Wildman–Crippen MR) is 135 cm³/mol. The summed E-state index contributed by atoms with van der Waals surface area (Å²) in [6.45, 7) is 2.08. The highest BCUT2D eigenvalue weighted by atomic mass is 19.1. The molecule has 0 aliphatic rings. The first-order valence-corrected chi connectivity index (χ1v) is 11.1. The van der Waals surface area contributed by atoms with Crippen molar-refractivity contribution in [3.63, 3.8) is 0 Å². The number of hydrogen-bond acceptors (Lipinski definition) is 5. The zero-order chi connectivity index (χ0) is 25.5. The van der Waals surface area contributed by atoms with E-state index in [0.717, 1.165) is 10.8 Å². The molecule has 4 rings (SSSR count). The molecule has 7 heteroatoms. The molecular formula is C29H21FN2O4. The molecule has 36 heavy (non-hydrogen) atoms. The Morgan fingerprint density at radius 2 is 1.72 bits per heavy atom. The first-order valence-electron chi connectivity index (χ1n) is 11.1. The van der Waals surface area contributed by atoms with Gasteiger partial charge in [0.25, 0.3) is 5.91 Å². The van der Waals surface area contributed by atoms with E-state index >= 15 is 0 Å². The summed E-state index contributed by atoms with van der Waals surface area (Å²) >= 11 is 0. The second-order valence-electron chi connectivity index (χ2n) is 7.66. The smallest absolute Gasteiger partial charge is 0.344 e. The predicted octanol–water partition coefficient (Wildman–Crippen LogP) is 6.14. The molecule has 0 heterocycles. The number of fused-ring (bicyclic) bond motifs is 1. The molecule has 0 aliphatic heterocycles. The molecule has 0 atom stereocenters. The number of amides is 1. The molecule has 0 fully saturated rings. The van der Waals surface area contributed by atoms with Crippen molar-refractivity contribution in [2.24, 2.45) is 0 Å². The average Bonchev–Trinajstić information content (AvgIpc) is 2.89. The Morgan fingerprint density at radius 1 is 0.972 bits per heavy atom. The van der Waals surface area contributed by atoms with E-state index in [0.29, 0.717) is 17.7 Å². The van der Waals surface area contributed by atoms with Crippen LogP contribution in [0.25, 0.3) is 16.8 Å². The quantitative estimate of drug-likeness (QED) is 0.149. The van der Waals surface area contributed by atoms with Gasteiger partial charge in [-0.1, -0.05) is 54.6 Å². The third-order valence-corrected chi connectivity index (χ3v) is 5.28. The first kappa shape index (κ1) is 24.2. The van der Waals surface area contributed by atoms with Crippen LogP contribution in [0.4, 0.5) is 10.1 Å². The highest BCUT2D eigenvalue weighted by Gasteiger charge is 2.17. The molecule has 0 spiro atoms. The Labute approximate surface area is 207 Å². The minimum atomic E-state index is -0.757. The van der Waals surface area contributed by atoms with Crippen molar-refractivity contribution in [1.82, 2.24) is 0 Å². The van der Waals surface area contributed by atoms with Gasteiger partial charge < -0.3 is 14.8 Å². The van der Waals surface area contributed by atoms with Crippen LogP contribution >= 0.6 is 0 Å². The fourth-order valence-corrected chi connectivity index (χ4v) is 3.59. The van der Waals surface area contributed by atoms with Gasteiger partial charge in [0.2, 0.25) is 0 Å². The number of esters is 1. The van der Waals surface area contributed by atoms with E-state index in [1.54, 1.807) is 37.3 Å². The summed E-state index contributed by atoms with van der Waals surface area (Å²) in [7, 11) is 0. The van der Waals surface area contributed by atoms with Gasteiger partial charge in [0.1, 0.15) is 17.5 Å². The number of carbonyl (C=O) groups is 2. The summed E-state index contributed by atoms with van der Waals surface area (Å²) in [4.78, 5) is 25.5. The molecule has 178 valence electrons. The van der Waals surface area contributed by atoms with Gasteiger partial charge in [-0.25, -0.2) is 9.18 Å². The molecule has 0 bridgehead atoms. The van der Waals surface area contributed by atoms with Crippen LogP contribution < -0.4 is 14.8 Å². The number of rotatable bonds is 7. The number of benzene rings is 4. The molecule has 0 unspecified atom stereocenters. The van der Waals surface area contributed by atoms with Crippen LogP contribution in [0.2, 0.25) is 0 Å². The van der Waals surface area contributed by atoms with Gasteiger partial charge in [-0.2, -0.15) is 5.26 Å². The average molecular weight is 480 g/mol. The minimum Gasteiger partial charge on any atom is -0.490 e. The van der Waals surface area contributed by atoms with E-state index in [-0.39, 0.29) is 22.8 Å². The zero-order valence-corrected chi connectivity index (χ0v) is 19.3. The van der Waals surface area contributed by atoms with Crippen molar-refractivity contribution in [3.8, 4) is 17.6 Å². The Hall–Kier alpha value is -4.96. The number of nitriles is 1. The van der Waals surface area contributed by atoms with Gasteiger partial charge >= 0.3 is 5.97 Å². The molecule has 0 aromatic heterocycles. The van der Waals surface area contributed by atoms with Crippen LogP contribution in [0.1, 0.15) is 22.8 Å². The Morgan fingerprint density at radius 3 is 2.50 bits per heavy atom. The molecule has 0 saturated heterocycles. The lowest BCUT2D eigenvalue weighted by atomic mass is 10.0. The monoisotopic (exact) mass is 480 g/mol. The molecule has 4 aromatic carbocycles. The van der Waals surface area contributed by atoms with Crippen molar-refractivity contribution in [1.29, 1.82) is 5.26 Å². The topological polar surface area (TPSA) is 88.4 Å². The lowest BCUT2D eigenvalue weighted by molar-refractivity contribution is -0.112. The number of nitrogens with one attached hydrogen (secondary N) is 1. The molecule has 4 aromatic rings. The van der Waals surface area contributed by atoms with Crippen LogP contribution in [0.5, 0.6) is 11.5 Å². The Balaban J connectivity index is 1.59. The Kier molecular flexibility index (Phi) is 7.37. The summed E-state index contributed by atoms with van der Waals surface area (Å²) in [6.07, 6.45) is 1.34. The van der Waals surface area contributed by atoms with Crippen molar-refractivity contribution in [3.05, 3.63) is 107 Å². The maximum Gasteiger partial charge on any atom is 0.344 e. The number of hydrogen-bond donors (Lipinski definition) is 1. The number of halogens is 1. The normalized spacial score (nSPS) is 11.0. The minimum absolute atomic E-state index is 0.0330. The first-order chi connectivity index (χ1) is 17.5. The largest absolute Gasteiger partial charge is 0.490 e. The number of ether oxygens (including phenoxy) is 2. The maximum atomic E-state index is 13.9. The number of nitrogens with zero attached hydrogens (tertiary/aromatic N) is 1.